The minimum atomic E-state index is -0.708. The molecule has 1 aromatic carbocycles. The molecule has 2 atom stereocenters. The van der Waals surface area contributed by atoms with Crippen molar-refractivity contribution in [3.05, 3.63) is 35.4 Å². The second-order valence-electron chi connectivity index (χ2n) is 8.63. The van der Waals surface area contributed by atoms with Crippen molar-refractivity contribution in [2.24, 2.45) is 16.5 Å². The summed E-state index contributed by atoms with van der Waals surface area (Å²) in [6, 6.07) is 8.13. The molecule has 0 radical (unpaired) electrons. The van der Waals surface area contributed by atoms with Crippen LogP contribution in [0.15, 0.2) is 29.4 Å². The van der Waals surface area contributed by atoms with Gasteiger partial charge in [0, 0.05) is 37.4 Å². The van der Waals surface area contributed by atoms with E-state index < -0.39 is 5.41 Å². The lowest BCUT2D eigenvalue weighted by Gasteiger charge is -2.41. The zero-order valence-electron chi connectivity index (χ0n) is 17.4. The number of carbonyl (C=O) groups excluding carboxylic acids is 2. The van der Waals surface area contributed by atoms with E-state index in [9.17, 15) is 9.59 Å². The van der Waals surface area contributed by atoms with Crippen LogP contribution in [0.1, 0.15) is 56.6 Å². The van der Waals surface area contributed by atoms with Crippen molar-refractivity contribution in [2.75, 3.05) is 19.7 Å². The predicted octanol–water partition coefficient (Wildman–Crippen LogP) is 3.46. The molecule has 2 fully saturated rings. The Kier molecular flexibility index (Phi) is 5.61. The zero-order chi connectivity index (χ0) is 20.4. The van der Waals surface area contributed by atoms with Crippen LogP contribution in [0.4, 0.5) is 0 Å². The number of hydrogen-bond donors (Lipinski definition) is 0. The highest BCUT2D eigenvalue weighted by molar-refractivity contribution is 6.02. The smallest absolute Gasteiger partial charge is 0.314 e. The van der Waals surface area contributed by atoms with Crippen LogP contribution in [0.25, 0.3) is 0 Å². The summed E-state index contributed by atoms with van der Waals surface area (Å²) in [4.78, 5) is 33.3. The van der Waals surface area contributed by atoms with Gasteiger partial charge in [-0.05, 0) is 45.1 Å². The van der Waals surface area contributed by atoms with Crippen LogP contribution >= 0.6 is 0 Å². The molecule has 1 saturated heterocycles. The Labute approximate surface area is 172 Å². The van der Waals surface area contributed by atoms with Crippen molar-refractivity contribution in [3.8, 4) is 0 Å². The lowest BCUT2D eigenvalue weighted by Crippen LogP contribution is -2.52. The van der Waals surface area contributed by atoms with E-state index in [1.165, 1.54) is 0 Å². The lowest BCUT2D eigenvalue weighted by molar-refractivity contribution is -0.164. The molecule has 0 unspecified atom stereocenters. The number of aryl methyl sites for hydroxylation is 1. The normalized spacial score (nSPS) is 26.6. The maximum atomic E-state index is 13.0. The number of likely N-dealkylation sites (tertiary alicyclic amines) is 1. The Balaban J connectivity index is 1.49. The first kappa shape index (κ1) is 19.9. The number of oxime groups is 1. The Morgan fingerprint density at radius 2 is 2.10 bits per heavy atom. The van der Waals surface area contributed by atoms with E-state index in [1.54, 1.807) is 0 Å². The van der Waals surface area contributed by atoms with Crippen LogP contribution in [0.2, 0.25) is 0 Å². The van der Waals surface area contributed by atoms with Gasteiger partial charge in [-0.3, -0.25) is 9.59 Å². The summed E-state index contributed by atoms with van der Waals surface area (Å²) in [7, 11) is 0. The quantitative estimate of drug-likeness (QED) is 0.688. The van der Waals surface area contributed by atoms with Crippen molar-refractivity contribution < 1.29 is 19.2 Å². The van der Waals surface area contributed by atoms with Crippen LogP contribution in [-0.2, 0) is 19.2 Å². The van der Waals surface area contributed by atoms with Crippen molar-refractivity contribution in [2.45, 2.75) is 58.5 Å². The lowest BCUT2D eigenvalue weighted by atomic mass is 9.74. The van der Waals surface area contributed by atoms with Gasteiger partial charge in [-0.25, -0.2) is 0 Å². The average molecular weight is 399 g/mol. The first-order chi connectivity index (χ1) is 14.0. The van der Waals surface area contributed by atoms with Gasteiger partial charge in [0.05, 0.1) is 17.7 Å². The SMILES string of the molecule is CCOC(=O)[C@@]1(C[C@H]2CC(c3ccccc3C)=NO2)CCCN(C(=O)C2CC2)C1. The fourth-order valence-electron chi connectivity index (χ4n) is 4.64. The van der Waals surface area contributed by atoms with Gasteiger partial charge in [-0.2, -0.15) is 0 Å². The number of piperidine rings is 1. The van der Waals surface area contributed by atoms with Gasteiger partial charge >= 0.3 is 5.97 Å². The molecule has 0 bridgehead atoms. The van der Waals surface area contributed by atoms with E-state index in [2.05, 4.69) is 24.2 Å². The summed E-state index contributed by atoms with van der Waals surface area (Å²) >= 11 is 0. The van der Waals surface area contributed by atoms with E-state index in [0.717, 1.165) is 49.1 Å². The molecule has 3 aliphatic rings. The Hall–Kier alpha value is -2.37. The number of carbonyl (C=O) groups is 2. The van der Waals surface area contributed by atoms with Gasteiger partial charge in [-0.15, -0.1) is 0 Å². The summed E-state index contributed by atoms with van der Waals surface area (Å²) in [5.41, 5.74) is 2.47. The summed E-state index contributed by atoms with van der Waals surface area (Å²) < 4.78 is 5.46. The van der Waals surface area contributed by atoms with Gasteiger partial charge in [0.25, 0.3) is 0 Å². The number of benzene rings is 1. The molecule has 2 aliphatic heterocycles. The van der Waals surface area contributed by atoms with Gasteiger partial charge in [0.15, 0.2) is 0 Å². The fraction of sp³-hybridized carbons (Fsp3) is 0.609. The third kappa shape index (κ3) is 4.16. The van der Waals surface area contributed by atoms with Crippen LogP contribution in [0.3, 0.4) is 0 Å². The first-order valence-corrected chi connectivity index (χ1v) is 10.8. The fourth-order valence-corrected chi connectivity index (χ4v) is 4.64. The van der Waals surface area contributed by atoms with Gasteiger partial charge in [0.1, 0.15) is 6.10 Å². The Morgan fingerprint density at radius 3 is 2.83 bits per heavy atom. The number of esters is 1. The molecule has 0 aromatic heterocycles. The molecule has 1 aromatic rings. The number of rotatable bonds is 6. The molecule has 6 heteroatoms. The highest BCUT2D eigenvalue weighted by Gasteiger charge is 2.49. The Morgan fingerprint density at radius 1 is 1.31 bits per heavy atom. The molecule has 1 amide bonds. The highest BCUT2D eigenvalue weighted by atomic mass is 16.6. The van der Waals surface area contributed by atoms with Crippen molar-refractivity contribution in [1.29, 1.82) is 0 Å². The summed E-state index contributed by atoms with van der Waals surface area (Å²) in [5.74, 6) is 0.149. The summed E-state index contributed by atoms with van der Waals surface area (Å²) in [5, 5.41) is 4.33. The average Bonchev–Trinajstić information content (AvgIpc) is 3.48. The topological polar surface area (TPSA) is 68.2 Å². The third-order valence-electron chi connectivity index (χ3n) is 6.33. The summed E-state index contributed by atoms with van der Waals surface area (Å²) in [6.07, 6.45) is 4.50. The molecule has 2 heterocycles. The van der Waals surface area contributed by atoms with Crippen molar-refractivity contribution in [1.82, 2.24) is 4.90 Å². The van der Waals surface area contributed by atoms with Crippen molar-refractivity contribution in [3.63, 3.8) is 0 Å². The molecule has 29 heavy (non-hydrogen) atoms. The number of nitrogens with zero attached hydrogens (tertiary/aromatic N) is 2. The van der Waals surface area contributed by atoms with Gasteiger partial charge < -0.3 is 14.5 Å². The van der Waals surface area contributed by atoms with Crippen molar-refractivity contribution >= 4 is 17.6 Å². The predicted molar refractivity (Wildman–Crippen MR) is 109 cm³/mol. The monoisotopic (exact) mass is 398 g/mol. The highest BCUT2D eigenvalue weighted by Crippen LogP contribution is 2.41. The van der Waals surface area contributed by atoms with E-state index in [-0.39, 0.29) is 23.9 Å². The maximum Gasteiger partial charge on any atom is 0.314 e. The van der Waals surface area contributed by atoms with Gasteiger partial charge in [-0.1, -0.05) is 29.4 Å². The second-order valence-corrected chi connectivity index (χ2v) is 8.63. The first-order valence-electron chi connectivity index (χ1n) is 10.8. The van der Waals surface area contributed by atoms with E-state index in [1.807, 2.05) is 24.0 Å². The molecule has 6 nitrogen and oxygen atoms in total. The van der Waals surface area contributed by atoms with E-state index >= 15 is 0 Å². The Bertz CT molecular complexity index is 817. The molecule has 0 N–H and O–H groups in total. The van der Waals surface area contributed by atoms with Gasteiger partial charge in [0.2, 0.25) is 5.91 Å². The summed E-state index contributed by atoms with van der Waals surface area (Å²) in [6.45, 7) is 5.39. The molecule has 1 saturated carbocycles. The standard InChI is InChI=1S/C23H30N2O4/c1-3-28-22(27)23(11-6-12-25(15-23)21(26)17-9-10-17)14-18-13-20(24-29-18)19-8-5-4-7-16(19)2/h4-5,7-8,17-18H,3,6,9-15H2,1-2H3/t18-,23-/m1/s1. The number of amides is 1. The molecular weight excluding hydrogens is 368 g/mol. The van der Waals surface area contributed by atoms with Crippen LogP contribution in [-0.4, -0.2) is 48.3 Å². The molecule has 4 rings (SSSR count). The minimum absolute atomic E-state index is 0.159. The minimum Gasteiger partial charge on any atom is -0.466 e. The third-order valence-corrected chi connectivity index (χ3v) is 6.33. The van der Waals surface area contributed by atoms with Crippen LogP contribution in [0.5, 0.6) is 0 Å². The van der Waals surface area contributed by atoms with Crippen LogP contribution in [0, 0.1) is 18.3 Å². The number of hydrogen-bond acceptors (Lipinski definition) is 5. The largest absolute Gasteiger partial charge is 0.466 e. The second kappa shape index (κ2) is 8.17. The molecule has 1 aliphatic carbocycles. The van der Waals surface area contributed by atoms with Crippen LogP contribution < -0.4 is 0 Å². The zero-order valence-corrected chi connectivity index (χ0v) is 17.4. The maximum absolute atomic E-state index is 13.0. The molecular formula is C23H30N2O4. The number of ether oxygens (including phenoxy) is 1. The molecule has 156 valence electrons. The van der Waals surface area contributed by atoms with E-state index in [0.29, 0.717) is 26.0 Å². The van der Waals surface area contributed by atoms with E-state index in [4.69, 9.17) is 9.57 Å². The molecule has 0 spiro atoms.